The summed E-state index contributed by atoms with van der Waals surface area (Å²) in [6.45, 7) is 7.80. The Hall–Kier alpha value is -3.51. The molecule has 12 nitrogen and oxygen atoms in total. The molecule has 0 spiro atoms. The van der Waals surface area contributed by atoms with Crippen molar-refractivity contribution in [1.82, 2.24) is 20.1 Å². The average Bonchev–Trinajstić information content (AvgIpc) is 3.66. The summed E-state index contributed by atoms with van der Waals surface area (Å²) in [6.07, 6.45) is -0.260. The number of nitrogens with zero attached hydrogens (tertiary/aromatic N) is 7. The molecule has 2 aromatic rings. The number of hydrogen-bond acceptors (Lipinski definition) is 9. The number of likely N-dealkylation sites (N-methyl/N-ethyl adjacent to an activating group) is 1. The van der Waals surface area contributed by atoms with E-state index in [0.717, 1.165) is 42.6 Å². The highest BCUT2D eigenvalue weighted by Gasteiger charge is 2.53. The summed E-state index contributed by atoms with van der Waals surface area (Å²) in [5.41, 5.74) is 11.1. The molecule has 1 aromatic heterocycles. The summed E-state index contributed by atoms with van der Waals surface area (Å²) < 4.78 is 5.53. The van der Waals surface area contributed by atoms with Crippen LogP contribution < -0.4 is 10.2 Å². The number of rotatable bonds is 8. The lowest BCUT2D eigenvalue weighted by Gasteiger charge is -2.32. The molecule has 2 amide bonds. The number of ketones is 1. The van der Waals surface area contributed by atoms with Gasteiger partial charge in [-0.3, -0.25) is 14.4 Å². The van der Waals surface area contributed by atoms with Crippen molar-refractivity contribution in [3.05, 3.63) is 45.7 Å². The third kappa shape index (κ3) is 5.83. The first-order chi connectivity index (χ1) is 19.2. The lowest BCUT2D eigenvalue weighted by atomic mass is 10.0. The van der Waals surface area contributed by atoms with Crippen LogP contribution in [0.25, 0.3) is 21.7 Å². The van der Waals surface area contributed by atoms with Crippen LogP contribution in [0.3, 0.4) is 0 Å². The van der Waals surface area contributed by atoms with Gasteiger partial charge in [0.05, 0.1) is 17.8 Å². The molecule has 0 bridgehead atoms. The van der Waals surface area contributed by atoms with Crippen LogP contribution >= 0.6 is 11.3 Å². The molecule has 3 aliphatic rings. The van der Waals surface area contributed by atoms with Crippen molar-refractivity contribution in [3.8, 4) is 11.3 Å². The largest absolute Gasteiger partial charge is 0.367 e. The molecular weight excluding hydrogens is 532 g/mol. The van der Waals surface area contributed by atoms with E-state index in [1.54, 1.807) is 23.5 Å². The number of carbonyl (C=O) groups is 3. The Balaban J connectivity index is 1.27. The minimum absolute atomic E-state index is 0.0763. The number of thiazole rings is 1. The normalized spacial score (nSPS) is 23.7. The van der Waals surface area contributed by atoms with Crippen molar-refractivity contribution in [2.45, 2.75) is 44.5 Å². The second-order valence-corrected chi connectivity index (χ2v) is 11.8. The van der Waals surface area contributed by atoms with Gasteiger partial charge in [0.25, 0.3) is 5.91 Å². The quantitative estimate of drug-likeness (QED) is 0.294. The monoisotopic (exact) mass is 566 g/mol. The lowest BCUT2D eigenvalue weighted by Crippen LogP contribution is -2.52. The highest BCUT2D eigenvalue weighted by atomic mass is 32.1. The molecule has 0 radical (unpaired) electrons. The number of fused-ring (bicyclic) bond motifs is 1. The maximum Gasteiger partial charge on any atom is 0.251 e. The number of Topliss-reactive ketones (excluding diaryl/α,β-unsaturated/α-hetero) is 1. The molecule has 0 aliphatic carbocycles. The molecule has 40 heavy (non-hydrogen) atoms. The van der Waals surface area contributed by atoms with Crippen LogP contribution in [0.1, 0.15) is 30.6 Å². The summed E-state index contributed by atoms with van der Waals surface area (Å²) in [5.74, 6) is -0.866. The number of aromatic nitrogens is 1. The van der Waals surface area contributed by atoms with Crippen LogP contribution in [0.15, 0.2) is 34.8 Å². The second-order valence-electron chi connectivity index (χ2n) is 11.0. The molecule has 0 saturated carbocycles. The highest BCUT2D eigenvalue weighted by molar-refractivity contribution is 7.14. The van der Waals surface area contributed by atoms with Crippen LogP contribution in [-0.4, -0.2) is 103 Å². The molecule has 1 N–H and O–H groups in total. The summed E-state index contributed by atoms with van der Waals surface area (Å²) >= 11 is 1.62. The van der Waals surface area contributed by atoms with Crippen molar-refractivity contribution in [2.24, 2.45) is 11.0 Å². The Morgan fingerprint density at radius 3 is 2.62 bits per heavy atom. The number of anilines is 1. The molecule has 3 fully saturated rings. The van der Waals surface area contributed by atoms with Crippen molar-refractivity contribution in [2.75, 3.05) is 51.3 Å². The second kappa shape index (κ2) is 11.9. The fraction of sp³-hybridized carbons (Fsp3) is 0.556. The van der Waals surface area contributed by atoms with Gasteiger partial charge >= 0.3 is 0 Å². The number of ether oxygens (including phenoxy) is 1. The average molecular weight is 567 g/mol. The minimum Gasteiger partial charge on any atom is -0.367 e. The van der Waals surface area contributed by atoms with Crippen LogP contribution in [-0.2, 0) is 14.3 Å². The fourth-order valence-electron chi connectivity index (χ4n) is 5.49. The van der Waals surface area contributed by atoms with Gasteiger partial charge in [0.15, 0.2) is 10.9 Å². The molecule has 13 heteroatoms. The first-order valence-electron chi connectivity index (χ1n) is 13.5. The van der Waals surface area contributed by atoms with Gasteiger partial charge in [0, 0.05) is 54.1 Å². The molecule has 4 atom stereocenters. The zero-order valence-electron chi connectivity index (χ0n) is 22.9. The molecule has 3 aliphatic heterocycles. The molecule has 3 saturated heterocycles. The molecule has 1 unspecified atom stereocenters. The van der Waals surface area contributed by atoms with Gasteiger partial charge in [-0.25, -0.2) is 4.98 Å². The zero-order valence-corrected chi connectivity index (χ0v) is 23.7. The van der Waals surface area contributed by atoms with Crippen molar-refractivity contribution < 1.29 is 19.1 Å². The summed E-state index contributed by atoms with van der Waals surface area (Å²) in [4.78, 5) is 53.1. The number of nitrogens with one attached hydrogen (secondary N) is 1. The molecule has 212 valence electrons. The predicted molar refractivity (Wildman–Crippen MR) is 151 cm³/mol. The SMILES string of the molecule is CC(C)CC(NC(=O)c1ccc(-c2csc(N3CCN(C)CC3)n2)cc1)C(=O)N1C[C@@H](N=[N+]=[N-])[C@H]2OCC(=O)[C@H]21. The first kappa shape index (κ1) is 28.0. The molecular formula is C27H34N8O4S. The third-order valence-corrected chi connectivity index (χ3v) is 8.56. The molecule has 4 heterocycles. The van der Waals surface area contributed by atoms with E-state index in [9.17, 15) is 14.4 Å². The van der Waals surface area contributed by atoms with E-state index in [1.165, 1.54) is 4.90 Å². The van der Waals surface area contributed by atoms with E-state index in [0.29, 0.717) is 12.0 Å². The Kier molecular flexibility index (Phi) is 8.36. The van der Waals surface area contributed by atoms with E-state index >= 15 is 0 Å². The number of benzene rings is 1. The van der Waals surface area contributed by atoms with Crippen LogP contribution in [0.2, 0.25) is 0 Å². The van der Waals surface area contributed by atoms with Gasteiger partial charge < -0.3 is 24.8 Å². The van der Waals surface area contributed by atoms with Crippen LogP contribution in [0, 0.1) is 5.92 Å². The number of carbonyl (C=O) groups excluding carboxylic acids is 3. The van der Waals surface area contributed by atoms with E-state index < -0.39 is 24.2 Å². The third-order valence-electron chi connectivity index (χ3n) is 7.66. The topological polar surface area (TPSA) is 144 Å². The minimum atomic E-state index is -0.837. The van der Waals surface area contributed by atoms with Crippen molar-refractivity contribution in [3.63, 3.8) is 0 Å². The Morgan fingerprint density at radius 1 is 1.23 bits per heavy atom. The van der Waals surface area contributed by atoms with Crippen molar-refractivity contribution >= 4 is 34.1 Å². The summed E-state index contributed by atoms with van der Waals surface area (Å²) in [7, 11) is 2.12. The summed E-state index contributed by atoms with van der Waals surface area (Å²) in [6, 6.07) is 4.90. The van der Waals surface area contributed by atoms with Gasteiger partial charge in [-0.2, -0.15) is 0 Å². The highest BCUT2D eigenvalue weighted by Crippen LogP contribution is 2.31. The number of hydrogen-bond donors (Lipinski definition) is 1. The maximum atomic E-state index is 13.6. The van der Waals surface area contributed by atoms with Gasteiger partial charge in [0.1, 0.15) is 18.7 Å². The number of likely N-dealkylation sites (tertiary alicyclic amines) is 1. The zero-order chi connectivity index (χ0) is 28.4. The van der Waals surface area contributed by atoms with E-state index in [1.807, 2.05) is 31.4 Å². The maximum absolute atomic E-state index is 13.6. The number of amides is 2. The molecule has 1 aromatic carbocycles. The van der Waals surface area contributed by atoms with Crippen LogP contribution in [0.4, 0.5) is 5.13 Å². The lowest BCUT2D eigenvalue weighted by molar-refractivity contribution is -0.138. The van der Waals surface area contributed by atoms with E-state index in [2.05, 4.69) is 32.2 Å². The number of azide groups is 1. The Bertz CT molecular complexity index is 1300. The Morgan fingerprint density at radius 2 is 1.95 bits per heavy atom. The van der Waals surface area contributed by atoms with Crippen molar-refractivity contribution in [1.29, 1.82) is 0 Å². The standard InChI is InChI=1S/C27H34N8O4S/c1-16(2)12-19(26(38)35-13-20(31-32-28)24-23(35)22(36)14-39-24)29-25(37)18-6-4-17(5-7-18)21-15-40-27(30-21)34-10-8-33(3)9-11-34/h4-7,15-16,19-20,23-24H,8-14H2,1-3H3,(H,29,37)/t19?,20-,23-,24-/m1/s1. The smallest absolute Gasteiger partial charge is 0.251 e. The van der Waals surface area contributed by atoms with E-state index in [-0.39, 0.29) is 36.7 Å². The molecule has 5 rings (SSSR count). The Labute approximate surface area is 236 Å². The van der Waals surface area contributed by atoms with Gasteiger partial charge in [-0.15, -0.1) is 11.3 Å². The van der Waals surface area contributed by atoms with Gasteiger partial charge in [-0.05, 0) is 37.1 Å². The van der Waals surface area contributed by atoms with E-state index in [4.69, 9.17) is 15.3 Å². The van der Waals surface area contributed by atoms with Crippen LogP contribution in [0.5, 0.6) is 0 Å². The van der Waals surface area contributed by atoms with Gasteiger partial charge in [0.2, 0.25) is 5.91 Å². The first-order valence-corrected chi connectivity index (χ1v) is 14.4. The van der Waals surface area contributed by atoms with Gasteiger partial charge in [-0.1, -0.05) is 31.1 Å². The number of piperazine rings is 1. The summed E-state index contributed by atoms with van der Waals surface area (Å²) in [5, 5.41) is 9.65. The predicted octanol–water partition coefficient (Wildman–Crippen LogP) is 2.56. The fourth-order valence-corrected chi connectivity index (χ4v) is 6.38.